The molecule has 2 N–H and O–H groups in total. The van der Waals surface area contributed by atoms with Crippen molar-refractivity contribution in [3.63, 3.8) is 0 Å². The van der Waals surface area contributed by atoms with Gasteiger partial charge in [0.1, 0.15) is 6.54 Å². The number of carbonyl (C=O) groups excluding carboxylic acids is 2. The number of aromatic nitrogens is 2. The maximum Gasteiger partial charge on any atom is 0.261 e. The van der Waals surface area contributed by atoms with Crippen molar-refractivity contribution in [2.24, 2.45) is 0 Å². The Morgan fingerprint density at radius 2 is 2.00 bits per heavy atom. The normalized spacial score (nSPS) is 13.8. The molecule has 1 fully saturated rings. The molecule has 1 aliphatic rings. The molecule has 0 aliphatic heterocycles. The molecular formula is C15H16N4O3. The second kappa shape index (κ2) is 5.97. The summed E-state index contributed by atoms with van der Waals surface area (Å²) in [4.78, 5) is 39.7. The number of para-hydroxylation sites is 1. The fourth-order valence-corrected chi connectivity index (χ4v) is 2.11. The molecule has 0 bridgehead atoms. The SMILES string of the molecule is O=C(Cn1cnc2ccccc2c1=O)NCC(=O)NC1CC1. The molecule has 114 valence electrons. The Hall–Kier alpha value is -2.70. The number of fused-ring (bicyclic) bond motifs is 1. The van der Waals surface area contributed by atoms with Gasteiger partial charge in [-0.25, -0.2) is 4.98 Å². The summed E-state index contributed by atoms with van der Waals surface area (Å²) in [5.74, 6) is -0.607. The van der Waals surface area contributed by atoms with E-state index in [1.54, 1.807) is 24.3 Å². The minimum Gasteiger partial charge on any atom is -0.352 e. The molecule has 1 saturated carbocycles. The highest BCUT2D eigenvalue weighted by Crippen LogP contribution is 2.18. The van der Waals surface area contributed by atoms with Crippen LogP contribution in [0.15, 0.2) is 35.4 Å². The maximum absolute atomic E-state index is 12.2. The van der Waals surface area contributed by atoms with E-state index in [-0.39, 0.29) is 30.6 Å². The topological polar surface area (TPSA) is 93.1 Å². The van der Waals surface area contributed by atoms with Crippen molar-refractivity contribution < 1.29 is 9.59 Å². The Kier molecular flexibility index (Phi) is 3.86. The van der Waals surface area contributed by atoms with E-state index in [1.807, 2.05) is 0 Å². The summed E-state index contributed by atoms with van der Waals surface area (Å²) in [7, 11) is 0. The van der Waals surface area contributed by atoms with Crippen LogP contribution in [0.4, 0.5) is 0 Å². The molecule has 3 rings (SSSR count). The fraction of sp³-hybridized carbons (Fsp3) is 0.333. The smallest absolute Gasteiger partial charge is 0.261 e. The molecule has 0 saturated heterocycles. The van der Waals surface area contributed by atoms with Gasteiger partial charge in [-0.05, 0) is 25.0 Å². The third-order valence-electron chi connectivity index (χ3n) is 3.43. The van der Waals surface area contributed by atoms with Crippen LogP contribution in [0.25, 0.3) is 10.9 Å². The standard InChI is InChI=1S/C15H16N4O3/c20-13(18-10-5-6-10)7-16-14(21)8-19-9-17-12-4-2-1-3-11(12)15(19)22/h1-4,9-10H,5-8H2,(H,16,21)(H,18,20). The quantitative estimate of drug-likeness (QED) is 0.799. The first kappa shape index (κ1) is 14.2. The fourth-order valence-electron chi connectivity index (χ4n) is 2.11. The van der Waals surface area contributed by atoms with Gasteiger partial charge in [0.25, 0.3) is 5.56 Å². The highest BCUT2D eigenvalue weighted by molar-refractivity contribution is 5.85. The summed E-state index contributed by atoms with van der Waals surface area (Å²) in [6.07, 6.45) is 3.34. The molecule has 0 spiro atoms. The largest absolute Gasteiger partial charge is 0.352 e. The molecule has 7 heteroatoms. The van der Waals surface area contributed by atoms with Gasteiger partial charge in [-0.3, -0.25) is 19.0 Å². The van der Waals surface area contributed by atoms with Crippen LogP contribution in [-0.2, 0) is 16.1 Å². The predicted molar refractivity (Wildman–Crippen MR) is 80.2 cm³/mol. The maximum atomic E-state index is 12.2. The molecule has 0 unspecified atom stereocenters. The van der Waals surface area contributed by atoms with E-state index in [0.29, 0.717) is 10.9 Å². The molecule has 1 aliphatic carbocycles. The van der Waals surface area contributed by atoms with E-state index >= 15 is 0 Å². The second-order valence-electron chi connectivity index (χ2n) is 5.31. The van der Waals surface area contributed by atoms with Crippen molar-refractivity contribution in [2.75, 3.05) is 6.54 Å². The third kappa shape index (κ3) is 3.30. The van der Waals surface area contributed by atoms with E-state index in [4.69, 9.17) is 0 Å². The van der Waals surface area contributed by atoms with Gasteiger partial charge in [-0.15, -0.1) is 0 Å². The summed E-state index contributed by atoms with van der Waals surface area (Å²) >= 11 is 0. The lowest BCUT2D eigenvalue weighted by Crippen LogP contribution is -2.40. The second-order valence-corrected chi connectivity index (χ2v) is 5.31. The van der Waals surface area contributed by atoms with Crippen LogP contribution in [0, 0.1) is 0 Å². The number of amides is 2. The summed E-state index contributed by atoms with van der Waals surface area (Å²) in [5.41, 5.74) is 0.316. The Balaban J connectivity index is 1.62. The molecule has 7 nitrogen and oxygen atoms in total. The van der Waals surface area contributed by atoms with Gasteiger partial charge >= 0.3 is 0 Å². The molecule has 1 aromatic carbocycles. The Bertz CT molecular complexity index is 780. The zero-order valence-corrected chi connectivity index (χ0v) is 11.9. The Morgan fingerprint density at radius 3 is 2.77 bits per heavy atom. The molecule has 22 heavy (non-hydrogen) atoms. The number of nitrogens with one attached hydrogen (secondary N) is 2. The highest BCUT2D eigenvalue weighted by atomic mass is 16.2. The van der Waals surface area contributed by atoms with Gasteiger partial charge in [-0.2, -0.15) is 0 Å². The monoisotopic (exact) mass is 300 g/mol. The average molecular weight is 300 g/mol. The number of hydrogen-bond donors (Lipinski definition) is 2. The van der Waals surface area contributed by atoms with Gasteiger partial charge in [0.15, 0.2) is 0 Å². The number of rotatable bonds is 5. The van der Waals surface area contributed by atoms with Gasteiger partial charge in [0, 0.05) is 6.04 Å². The van der Waals surface area contributed by atoms with Crippen LogP contribution >= 0.6 is 0 Å². The number of benzene rings is 1. The van der Waals surface area contributed by atoms with E-state index in [9.17, 15) is 14.4 Å². The number of hydrogen-bond acceptors (Lipinski definition) is 4. The van der Waals surface area contributed by atoms with Crippen LogP contribution in [0.3, 0.4) is 0 Å². The molecule has 0 atom stereocenters. The first-order valence-electron chi connectivity index (χ1n) is 7.14. The van der Waals surface area contributed by atoms with Crippen molar-refractivity contribution >= 4 is 22.7 Å². The van der Waals surface area contributed by atoms with Gasteiger partial charge in [0.2, 0.25) is 11.8 Å². The highest BCUT2D eigenvalue weighted by Gasteiger charge is 2.23. The third-order valence-corrected chi connectivity index (χ3v) is 3.43. The zero-order chi connectivity index (χ0) is 15.5. The first-order chi connectivity index (χ1) is 10.6. The van der Waals surface area contributed by atoms with Crippen molar-refractivity contribution in [1.29, 1.82) is 0 Å². The van der Waals surface area contributed by atoms with Crippen LogP contribution in [-0.4, -0.2) is 34.0 Å². The lowest BCUT2D eigenvalue weighted by Gasteiger charge is -2.08. The van der Waals surface area contributed by atoms with Crippen molar-refractivity contribution in [3.05, 3.63) is 40.9 Å². The summed E-state index contributed by atoms with van der Waals surface area (Å²) < 4.78 is 1.23. The summed E-state index contributed by atoms with van der Waals surface area (Å²) in [5, 5.41) is 5.74. The molecule has 2 amide bonds. The first-order valence-corrected chi connectivity index (χ1v) is 7.14. The average Bonchev–Trinajstić information content (AvgIpc) is 3.32. The number of carbonyl (C=O) groups is 2. The van der Waals surface area contributed by atoms with Crippen molar-refractivity contribution in [1.82, 2.24) is 20.2 Å². The zero-order valence-electron chi connectivity index (χ0n) is 11.9. The lowest BCUT2D eigenvalue weighted by molar-refractivity contribution is -0.126. The Morgan fingerprint density at radius 1 is 1.23 bits per heavy atom. The van der Waals surface area contributed by atoms with E-state index in [2.05, 4.69) is 15.6 Å². The van der Waals surface area contributed by atoms with E-state index < -0.39 is 5.91 Å². The lowest BCUT2D eigenvalue weighted by atomic mass is 10.2. The van der Waals surface area contributed by atoms with Gasteiger partial charge < -0.3 is 10.6 Å². The minimum atomic E-state index is -0.398. The molecule has 1 aromatic heterocycles. The molecular weight excluding hydrogens is 284 g/mol. The van der Waals surface area contributed by atoms with Crippen LogP contribution < -0.4 is 16.2 Å². The predicted octanol–water partition coefficient (Wildman–Crippen LogP) is -0.209. The molecule has 2 aromatic rings. The number of nitrogens with zero attached hydrogens (tertiary/aromatic N) is 2. The minimum absolute atomic E-state index is 0.0783. The van der Waals surface area contributed by atoms with Crippen molar-refractivity contribution in [2.45, 2.75) is 25.4 Å². The van der Waals surface area contributed by atoms with Gasteiger partial charge in [0.05, 0.1) is 23.8 Å². The molecule has 0 radical (unpaired) electrons. The summed E-state index contributed by atoms with van der Waals surface area (Å²) in [6.45, 7) is -0.238. The van der Waals surface area contributed by atoms with Crippen LogP contribution in [0.1, 0.15) is 12.8 Å². The summed E-state index contributed by atoms with van der Waals surface area (Å²) in [6, 6.07) is 7.21. The van der Waals surface area contributed by atoms with Crippen LogP contribution in [0.2, 0.25) is 0 Å². The van der Waals surface area contributed by atoms with Crippen LogP contribution in [0.5, 0.6) is 0 Å². The van der Waals surface area contributed by atoms with Crippen molar-refractivity contribution in [3.8, 4) is 0 Å². The van der Waals surface area contributed by atoms with Gasteiger partial charge in [-0.1, -0.05) is 12.1 Å². The van der Waals surface area contributed by atoms with E-state index in [1.165, 1.54) is 10.9 Å². The molecule has 1 heterocycles. The Labute approximate surface area is 126 Å². The van der Waals surface area contributed by atoms with E-state index in [0.717, 1.165) is 12.8 Å².